The van der Waals surface area contributed by atoms with Crippen molar-refractivity contribution in [3.05, 3.63) is 65.7 Å². The van der Waals surface area contributed by atoms with Crippen LogP contribution in [0.25, 0.3) is 11.6 Å². The minimum Gasteiger partial charge on any atom is -0.496 e. The van der Waals surface area contributed by atoms with E-state index in [0.29, 0.717) is 23.3 Å². The van der Waals surface area contributed by atoms with Crippen molar-refractivity contribution in [1.29, 1.82) is 0 Å². The Morgan fingerprint density at radius 3 is 2.47 bits per heavy atom. The SMILES string of the molecule is COc1ccccc1/C=C(/C(=O)OCC(=O)N[C@@H]1CCS(=O)(=O)C1)c1ccccc1. The number of carbonyl (C=O) groups is 2. The quantitative estimate of drug-likeness (QED) is 0.411. The first kappa shape index (κ1) is 21.6. The third kappa shape index (κ3) is 5.70. The van der Waals surface area contributed by atoms with Crippen LogP contribution in [0.5, 0.6) is 5.75 Å². The maximum absolute atomic E-state index is 12.8. The second-order valence-corrected chi connectivity index (χ2v) is 9.14. The molecular formula is C22H23NO6S. The van der Waals surface area contributed by atoms with Crippen molar-refractivity contribution < 1.29 is 27.5 Å². The molecule has 1 N–H and O–H groups in total. The number of benzene rings is 2. The fourth-order valence-corrected chi connectivity index (χ4v) is 4.88. The zero-order valence-corrected chi connectivity index (χ0v) is 17.4. The van der Waals surface area contributed by atoms with Gasteiger partial charge in [0.1, 0.15) is 5.75 Å². The second-order valence-electron chi connectivity index (χ2n) is 6.91. The highest BCUT2D eigenvalue weighted by molar-refractivity contribution is 7.91. The lowest BCUT2D eigenvalue weighted by Crippen LogP contribution is -2.38. The van der Waals surface area contributed by atoms with Crippen LogP contribution in [0.4, 0.5) is 0 Å². The summed E-state index contributed by atoms with van der Waals surface area (Å²) in [6.07, 6.45) is 2.02. The van der Waals surface area contributed by atoms with Crippen LogP contribution in [0, 0.1) is 0 Å². The Balaban J connectivity index is 1.73. The molecule has 0 radical (unpaired) electrons. The summed E-state index contributed by atoms with van der Waals surface area (Å²) in [6, 6.07) is 15.8. The predicted octanol–water partition coefficient (Wildman–Crippen LogP) is 2.08. The summed E-state index contributed by atoms with van der Waals surface area (Å²) in [5, 5.41) is 2.60. The van der Waals surface area contributed by atoms with Crippen LogP contribution in [0.2, 0.25) is 0 Å². The lowest BCUT2D eigenvalue weighted by Gasteiger charge is -2.13. The van der Waals surface area contributed by atoms with Crippen molar-refractivity contribution in [3.8, 4) is 5.75 Å². The third-order valence-electron chi connectivity index (χ3n) is 4.68. The maximum Gasteiger partial charge on any atom is 0.339 e. The molecular weight excluding hydrogens is 406 g/mol. The number of rotatable bonds is 7. The van der Waals surface area contributed by atoms with Crippen LogP contribution in [-0.2, 0) is 24.2 Å². The highest BCUT2D eigenvalue weighted by Crippen LogP contribution is 2.25. The number of esters is 1. The predicted molar refractivity (Wildman–Crippen MR) is 113 cm³/mol. The molecule has 0 bridgehead atoms. The van der Waals surface area contributed by atoms with Gasteiger partial charge in [0.15, 0.2) is 16.4 Å². The van der Waals surface area contributed by atoms with Crippen molar-refractivity contribution in [2.45, 2.75) is 12.5 Å². The van der Waals surface area contributed by atoms with Crippen molar-refractivity contribution in [2.75, 3.05) is 25.2 Å². The molecule has 0 unspecified atom stereocenters. The van der Waals surface area contributed by atoms with E-state index in [2.05, 4.69) is 5.32 Å². The van der Waals surface area contributed by atoms with Crippen LogP contribution in [0.1, 0.15) is 17.5 Å². The van der Waals surface area contributed by atoms with Gasteiger partial charge in [-0.1, -0.05) is 48.5 Å². The monoisotopic (exact) mass is 429 g/mol. The number of ether oxygens (including phenoxy) is 2. The number of nitrogens with one attached hydrogen (secondary N) is 1. The smallest absolute Gasteiger partial charge is 0.339 e. The van der Waals surface area contributed by atoms with Crippen LogP contribution < -0.4 is 10.1 Å². The van der Waals surface area contributed by atoms with Gasteiger partial charge in [0.25, 0.3) is 5.91 Å². The number of para-hydroxylation sites is 1. The summed E-state index contributed by atoms with van der Waals surface area (Å²) in [6.45, 7) is -0.495. The van der Waals surface area contributed by atoms with E-state index in [9.17, 15) is 18.0 Å². The van der Waals surface area contributed by atoms with Gasteiger partial charge in [-0.25, -0.2) is 13.2 Å². The van der Waals surface area contributed by atoms with Gasteiger partial charge in [-0.2, -0.15) is 0 Å². The Morgan fingerprint density at radius 1 is 1.10 bits per heavy atom. The molecule has 0 aromatic heterocycles. The summed E-state index contributed by atoms with van der Waals surface area (Å²) < 4.78 is 33.6. The lowest BCUT2D eigenvalue weighted by atomic mass is 10.0. The van der Waals surface area contributed by atoms with E-state index in [1.165, 1.54) is 0 Å². The minimum atomic E-state index is -3.11. The molecule has 0 saturated carbocycles. The zero-order chi connectivity index (χ0) is 21.6. The molecule has 1 aliphatic heterocycles. The summed E-state index contributed by atoms with van der Waals surface area (Å²) in [5.74, 6) is -0.636. The van der Waals surface area contributed by atoms with E-state index < -0.39 is 34.4 Å². The third-order valence-corrected chi connectivity index (χ3v) is 6.44. The lowest BCUT2D eigenvalue weighted by molar-refractivity contribution is -0.143. The molecule has 0 spiro atoms. The summed E-state index contributed by atoms with van der Waals surface area (Å²) in [5.41, 5.74) is 1.60. The molecule has 1 saturated heterocycles. The van der Waals surface area contributed by atoms with E-state index in [4.69, 9.17) is 9.47 Å². The first-order valence-electron chi connectivity index (χ1n) is 9.45. The molecule has 158 valence electrons. The van der Waals surface area contributed by atoms with Gasteiger partial charge < -0.3 is 14.8 Å². The minimum absolute atomic E-state index is 0.0531. The first-order chi connectivity index (χ1) is 14.4. The van der Waals surface area contributed by atoms with Gasteiger partial charge in [0.2, 0.25) is 0 Å². The Kier molecular flexibility index (Phi) is 6.89. The van der Waals surface area contributed by atoms with Crippen LogP contribution in [0.3, 0.4) is 0 Å². The molecule has 1 atom stereocenters. The molecule has 2 aromatic carbocycles. The van der Waals surface area contributed by atoms with Crippen LogP contribution in [-0.4, -0.2) is 51.6 Å². The van der Waals surface area contributed by atoms with E-state index >= 15 is 0 Å². The van der Waals surface area contributed by atoms with E-state index in [0.717, 1.165) is 0 Å². The van der Waals surface area contributed by atoms with E-state index in [-0.39, 0.29) is 17.1 Å². The van der Waals surface area contributed by atoms with Gasteiger partial charge in [-0.3, -0.25) is 4.79 Å². The average molecular weight is 429 g/mol. The first-order valence-corrected chi connectivity index (χ1v) is 11.3. The van der Waals surface area contributed by atoms with Crippen molar-refractivity contribution in [2.24, 2.45) is 0 Å². The highest BCUT2D eigenvalue weighted by Gasteiger charge is 2.29. The Bertz CT molecular complexity index is 1050. The van der Waals surface area contributed by atoms with Gasteiger partial charge in [-0.15, -0.1) is 0 Å². The Morgan fingerprint density at radius 2 is 1.80 bits per heavy atom. The fraction of sp³-hybridized carbons (Fsp3) is 0.273. The topological polar surface area (TPSA) is 98.8 Å². The number of hydrogen-bond donors (Lipinski definition) is 1. The van der Waals surface area contributed by atoms with Crippen molar-refractivity contribution in [1.82, 2.24) is 5.32 Å². The summed E-state index contributed by atoms with van der Waals surface area (Å²) >= 11 is 0. The number of methoxy groups -OCH3 is 1. The van der Waals surface area contributed by atoms with E-state index in [1.54, 1.807) is 43.5 Å². The molecule has 1 fully saturated rings. The number of hydrogen-bond acceptors (Lipinski definition) is 6. The molecule has 3 rings (SSSR count). The van der Waals surface area contributed by atoms with Gasteiger partial charge in [0.05, 0.1) is 24.2 Å². The molecule has 0 aliphatic carbocycles. The maximum atomic E-state index is 12.8. The van der Waals surface area contributed by atoms with Gasteiger partial charge in [0, 0.05) is 11.6 Å². The number of carbonyl (C=O) groups excluding carboxylic acids is 2. The largest absolute Gasteiger partial charge is 0.496 e. The van der Waals surface area contributed by atoms with Crippen LogP contribution in [0.15, 0.2) is 54.6 Å². The summed E-state index contributed by atoms with van der Waals surface area (Å²) in [7, 11) is -1.56. The number of amides is 1. The van der Waals surface area contributed by atoms with E-state index in [1.807, 2.05) is 24.3 Å². The normalized spacial score (nSPS) is 17.9. The Labute approximate surface area is 175 Å². The molecule has 1 amide bonds. The molecule has 1 aliphatic rings. The molecule has 1 heterocycles. The standard InChI is InChI=1S/C22H23NO6S/c1-28-20-10-6-5-9-17(20)13-19(16-7-3-2-4-8-16)22(25)29-14-21(24)23-18-11-12-30(26,27)15-18/h2-10,13,18H,11-12,14-15H2,1H3,(H,23,24)/b19-13+/t18-/m1/s1. The molecule has 7 nitrogen and oxygen atoms in total. The average Bonchev–Trinajstić information content (AvgIpc) is 3.09. The molecule has 30 heavy (non-hydrogen) atoms. The van der Waals surface area contributed by atoms with Gasteiger partial charge in [-0.05, 0) is 24.1 Å². The number of sulfone groups is 1. The van der Waals surface area contributed by atoms with Gasteiger partial charge >= 0.3 is 5.97 Å². The van der Waals surface area contributed by atoms with Crippen LogP contribution >= 0.6 is 0 Å². The Hall–Kier alpha value is -3.13. The summed E-state index contributed by atoms with van der Waals surface area (Å²) in [4.78, 5) is 24.9. The van der Waals surface area contributed by atoms with Crippen molar-refractivity contribution in [3.63, 3.8) is 0 Å². The molecule has 8 heteroatoms. The second kappa shape index (κ2) is 9.58. The fourth-order valence-electron chi connectivity index (χ4n) is 3.21. The zero-order valence-electron chi connectivity index (χ0n) is 16.5. The highest BCUT2D eigenvalue weighted by atomic mass is 32.2. The van der Waals surface area contributed by atoms with Crippen molar-refractivity contribution >= 4 is 33.4 Å². The molecule has 2 aromatic rings.